The highest BCUT2D eigenvalue weighted by atomic mass is 32.2. The van der Waals surface area contributed by atoms with Crippen LogP contribution < -0.4 is 10.1 Å². The van der Waals surface area contributed by atoms with E-state index in [4.69, 9.17) is 9.47 Å². The molecule has 1 atom stereocenters. The number of piperidine rings is 1. The van der Waals surface area contributed by atoms with Crippen LogP contribution in [0.15, 0.2) is 23.1 Å². The Labute approximate surface area is 172 Å². The van der Waals surface area contributed by atoms with Crippen molar-refractivity contribution in [1.82, 2.24) is 9.62 Å². The maximum Gasteiger partial charge on any atom is 0.307 e. The average Bonchev–Trinajstić information content (AvgIpc) is 2.67. The smallest absolute Gasteiger partial charge is 0.307 e. The van der Waals surface area contributed by atoms with Gasteiger partial charge in [-0.3, -0.25) is 9.59 Å². The van der Waals surface area contributed by atoms with Crippen LogP contribution in [0.25, 0.3) is 0 Å². The summed E-state index contributed by atoms with van der Waals surface area (Å²) in [6.07, 6.45) is 2.42. The molecular formula is C20H30N2O6S. The highest BCUT2D eigenvalue weighted by molar-refractivity contribution is 7.89. The molecular weight excluding hydrogens is 396 g/mol. The Morgan fingerprint density at radius 1 is 1.28 bits per heavy atom. The summed E-state index contributed by atoms with van der Waals surface area (Å²) in [5, 5.41) is 2.62. The molecule has 0 aromatic heterocycles. The van der Waals surface area contributed by atoms with E-state index >= 15 is 0 Å². The highest BCUT2D eigenvalue weighted by Crippen LogP contribution is 2.31. The van der Waals surface area contributed by atoms with Gasteiger partial charge in [0.1, 0.15) is 10.6 Å². The molecule has 0 bridgehead atoms. The monoisotopic (exact) mass is 426 g/mol. The molecule has 8 nitrogen and oxygen atoms in total. The largest absolute Gasteiger partial charge is 0.495 e. The SMILES string of the molecule is COc1ccc(C(=O)NCCC(=O)OC(C)C)cc1S(=O)(=O)N1CCCC[C@H]1C. The number of amides is 1. The first-order chi connectivity index (χ1) is 13.7. The van der Waals surface area contributed by atoms with Crippen LogP contribution in [0.5, 0.6) is 5.75 Å². The molecule has 2 rings (SSSR count). The lowest BCUT2D eigenvalue weighted by Crippen LogP contribution is -2.42. The predicted molar refractivity (Wildman–Crippen MR) is 108 cm³/mol. The van der Waals surface area contributed by atoms with Crippen LogP contribution >= 0.6 is 0 Å². The number of hydrogen-bond acceptors (Lipinski definition) is 6. The number of nitrogens with zero attached hydrogens (tertiary/aromatic N) is 1. The zero-order chi connectivity index (χ0) is 21.6. The van der Waals surface area contributed by atoms with Gasteiger partial charge in [-0.1, -0.05) is 6.42 Å². The van der Waals surface area contributed by atoms with Crippen LogP contribution in [0.2, 0.25) is 0 Å². The van der Waals surface area contributed by atoms with Gasteiger partial charge in [0.15, 0.2) is 0 Å². The lowest BCUT2D eigenvalue weighted by atomic mass is 10.1. The van der Waals surface area contributed by atoms with E-state index < -0.39 is 21.9 Å². The van der Waals surface area contributed by atoms with Crippen molar-refractivity contribution >= 4 is 21.9 Å². The van der Waals surface area contributed by atoms with E-state index in [0.717, 1.165) is 19.3 Å². The van der Waals surface area contributed by atoms with Crippen molar-refractivity contribution in [2.45, 2.75) is 63.5 Å². The van der Waals surface area contributed by atoms with Crippen LogP contribution in [-0.4, -0.2) is 56.9 Å². The Balaban J connectivity index is 2.17. The van der Waals surface area contributed by atoms with Crippen molar-refractivity contribution < 1.29 is 27.5 Å². The summed E-state index contributed by atoms with van der Waals surface area (Å²) in [6, 6.07) is 4.20. The molecule has 1 saturated heterocycles. The first-order valence-corrected chi connectivity index (χ1v) is 11.3. The van der Waals surface area contributed by atoms with E-state index in [-0.39, 0.29) is 41.3 Å². The second kappa shape index (κ2) is 10.1. The fourth-order valence-electron chi connectivity index (χ4n) is 3.28. The molecule has 1 amide bonds. The Bertz CT molecular complexity index is 837. The Morgan fingerprint density at radius 2 is 2.00 bits per heavy atom. The normalized spacial score (nSPS) is 17.8. The van der Waals surface area contributed by atoms with Gasteiger partial charge in [-0.05, 0) is 51.8 Å². The quantitative estimate of drug-likeness (QED) is 0.640. The van der Waals surface area contributed by atoms with E-state index in [1.54, 1.807) is 13.8 Å². The number of sulfonamides is 1. The van der Waals surface area contributed by atoms with Crippen LogP contribution in [0.4, 0.5) is 0 Å². The van der Waals surface area contributed by atoms with Crippen LogP contribution in [-0.2, 0) is 19.6 Å². The van der Waals surface area contributed by atoms with Crippen molar-refractivity contribution in [2.24, 2.45) is 0 Å². The van der Waals surface area contributed by atoms with Gasteiger partial charge in [-0.15, -0.1) is 0 Å². The lowest BCUT2D eigenvalue weighted by molar-refractivity contribution is -0.147. The van der Waals surface area contributed by atoms with Crippen molar-refractivity contribution in [2.75, 3.05) is 20.2 Å². The molecule has 0 unspecified atom stereocenters. The van der Waals surface area contributed by atoms with Gasteiger partial charge in [0.05, 0.1) is 19.6 Å². The summed E-state index contributed by atoms with van der Waals surface area (Å²) in [4.78, 5) is 24.0. The van der Waals surface area contributed by atoms with E-state index in [1.807, 2.05) is 6.92 Å². The number of methoxy groups -OCH3 is 1. The second-order valence-electron chi connectivity index (χ2n) is 7.37. The number of ether oxygens (including phenoxy) is 2. The molecule has 1 N–H and O–H groups in total. The highest BCUT2D eigenvalue weighted by Gasteiger charge is 2.33. The first kappa shape index (κ1) is 23.2. The fourth-order valence-corrected chi connectivity index (χ4v) is 5.16. The number of carbonyl (C=O) groups excluding carboxylic acids is 2. The van der Waals surface area contributed by atoms with E-state index in [2.05, 4.69) is 5.32 Å². The minimum Gasteiger partial charge on any atom is -0.495 e. The molecule has 9 heteroatoms. The van der Waals surface area contributed by atoms with Gasteiger partial charge in [-0.2, -0.15) is 4.31 Å². The van der Waals surface area contributed by atoms with E-state index in [1.165, 1.54) is 29.6 Å². The summed E-state index contributed by atoms with van der Waals surface area (Å²) < 4.78 is 38.2. The van der Waals surface area contributed by atoms with Gasteiger partial charge in [0.2, 0.25) is 10.0 Å². The number of esters is 1. The number of hydrogen-bond donors (Lipinski definition) is 1. The molecule has 29 heavy (non-hydrogen) atoms. The minimum absolute atomic E-state index is 0.0272. The summed E-state index contributed by atoms with van der Waals surface area (Å²) in [6.45, 7) is 5.93. The number of carbonyl (C=O) groups is 2. The van der Waals surface area contributed by atoms with Crippen LogP contribution in [0, 0.1) is 0 Å². The summed E-state index contributed by atoms with van der Waals surface area (Å²) in [5.41, 5.74) is 0.186. The third-order valence-electron chi connectivity index (χ3n) is 4.74. The zero-order valence-electron chi connectivity index (χ0n) is 17.4. The summed E-state index contributed by atoms with van der Waals surface area (Å²) in [7, 11) is -2.41. The molecule has 1 aromatic carbocycles. The average molecular weight is 427 g/mol. The molecule has 0 spiro atoms. The molecule has 1 aromatic rings. The molecule has 162 valence electrons. The number of benzene rings is 1. The molecule has 0 radical (unpaired) electrons. The zero-order valence-corrected chi connectivity index (χ0v) is 18.3. The third kappa shape index (κ3) is 5.93. The Kier molecular flexibility index (Phi) is 8.04. The third-order valence-corrected chi connectivity index (χ3v) is 6.77. The van der Waals surface area contributed by atoms with Crippen molar-refractivity contribution in [3.8, 4) is 5.75 Å². The topological polar surface area (TPSA) is 102 Å². The maximum atomic E-state index is 13.2. The Hall–Kier alpha value is -2.13. The van der Waals surface area contributed by atoms with E-state index in [9.17, 15) is 18.0 Å². The number of rotatable bonds is 8. The standard InChI is InChI=1S/C20H30N2O6S/c1-14(2)28-19(23)10-11-21-20(24)16-8-9-17(27-4)18(13-16)29(25,26)22-12-6-5-7-15(22)3/h8-9,13-15H,5-7,10-12H2,1-4H3,(H,21,24)/t15-/m1/s1. The van der Waals surface area contributed by atoms with Gasteiger partial charge < -0.3 is 14.8 Å². The lowest BCUT2D eigenvalue weighted by Gasteiger charge is -2.32. The van der Waals surface area contributed by atoms with Crippen LogP contribution in [0.3, 0.4) is 0 Å². The predicted octanol–water partition coefficient (Wildman–Crippen LogP) is 2.33. The fraction of sp³-hybridized carbons (Fsp3) is 0.600. The minimum atomic E-state index is -3.80. The van der Waals surface area contributed by atoms with Gasteiger partial charge in [0, 0.05) is 24.7 Å². The van der Waals surface area contributed by atoms with Gasteiger partial charge in [-0.25, -0.2) is 8.42 Å². The molecule has 1 fully saturated rings. The molecule has 1 aliphatic rings. The maximum absolute atomic E-state index is 13.2. The van der Waals surface area contributed by atoms with Gasteiger partial charge >= 0.3 is 5.97 Å². The Morgan fingerprint density at radius 3 is 2.62 bits per heavy atom. The molecule has 1 heterocycles. The second-order valence-corrected chi connectivity index (χ2v) is 9.23. The molecule has 0 saturated carbocycles. The molecule has 1 aliphatic heterocycles. The van der Waals surface area contributed by atoms with Crippen molar-refractivity contribution in [1.29, 1.82) is 0 Å². The van der Waals surface area contributed by atoms with Crippen LogP contribution in [0.1, 0.15) is 56.8 Å². The first-order valence-electron chi connectivity index (χ1n) is 9.84. The number of nitrogens with one attached hydrogen (secondary N) is 1. The summed E-state index contributed by atoms with van der Waals surface area (Å²) in [5.74, 6) is -0.676. The van der Waals surface area contributed by atoms with Crippen molar-refractivity contribution in [3.63, 3.8) is 0 Å². The van der Waals surface area contributed by atoms with E-state index in [0.29, 0.717) is 6.54 Å². The summed E-state index contributed by atoms with van der Waals surface area (Å²) >= 11 is 0. The van der Waals surface area contributed by atoms with Crippen molar-refractivity contribution in [3.05, 3.63) is 23.8 Å². The molecule has 0 aliphatic carbocycles. The van der Waals surface area contributed by atoms with Gasteiger partial charge in [0.25, 0.3) is 5.91 Å².